The summed E-state index contributed by atoms with van der Waals surface area (Å²) in [6, 6.07) is 11.1. The Morgan fingerprint density at radius 2 is 1.78 bits per heavy atom. The number of carbonyl (C=O) groups excluding carboxylic acids is 2. The number of halogens is 2. The third-order valence-corrected chi connectivity index (χ3v) is 5.98. The Morgan fingerprint density at radius 3 is 2.38 bits per heavy atom. The molecule has 1 aliphatic heterocycles. The SMILES string of the molecule is CCOc1ccc(C2/C(=C(/O)c3ccc(Cl)c(Cl)c3)C(=O)C(=O)N2CCCN(C)C)cc1. The predicted octanol–water partition coefficient (Wildman–Crippen LogP) is 4.77. The van der Waals surface area contributed by atoms with Crippen LogP contribution in [0.4, 0.5) is 0 Å². The molecule has 0 aliphatic carbocycles. The summed E-state index contributed by atoms with van der Waals surface area (Å²) in [6.07, 6.45) is 0.681. The van der Waals surface area contributed by atoms with E-state index in [2.05, 4.69) is 0 Å². The van der Waals surface area contributed by atoms with Gasteiger partial charge >= 0.3 is 0 Å². The Labute approximate surface area is 198 Å². The molecule has 0 bridgehead atoms. The molecular weight excluding hydrogens is 451 g/mol. The van der Waals surface area contributed by atoms with Crippen LogP contribution < -0.4 is 4.74 Å². The lowest BCUT2D eigenvalue weighted by Gasteiger charge is -2.26. The van der Waals surface area contributed by atoms with Crippen molar-refractivity contribution in [2.24, 2.45) is 0 Å². The highest BCUT2D eigenvalue weighted by Gasteiger charge is 2.45. The fourth-order valence-corrected chi connectivity index (χ4v) is 4.02. The Kier molecular flexibility index (Phi) is 7.82. The first-order chi connectivity index (χ1) is 15.2. The number of benzene rings is 2. The van der Waals surface area contributed by atoms with E-state index in [0.717, 1.165) is 6.54 Å². The summed E-state index contributed by atoms with van der Waals surface area (Å²) in [5, 5.41) is 11.6. The molecule has 32 heavy (non-hydrogen) atoms. The van der Waals surface area contributed by atoms with Gasteiger partial charge in [0, 0.05) is 12.1 Å². The summed E-state index contributed by atoms with van der Waals surface area (Å²) in [5.41, 5.74) is 1.06. The molecule has 6 nitrogen and oxygen atoms in total. The summed E-state index contributed by atoms with van der Waals surface area (Å²) in [7, 11) is 3.89. The average molecular weight is 477 g/mol. The molecule has 1 amide bonds. The molecule has 170 valence electrons. The molecule has 3 rings (SSSR count). The van der Waals surface area contributed by atoms with Gasteiger partial charge in [-0.15, -0.1) is 0 Å². The minimum Gasteiger partial charge on any atom is -0.507 e. The molecule has 1 fully saturated rings. The van der Waals surface area contributed by atoms with Crippen LogP contribution in [0, 0.1) is 0 Å². The van der Waals surface area contributed by atoms with Gasteiger partial charge < -0.3 is 19.6 Å². The van der Waals surface area contributed by atoms with Gasteiger partial charge in [0.1, 0.15) is 11.5 Å². The maximum Gasteiger partial charge on any atom is 0.295 e. The number of aliphatic hydroxyl groups excluding tert-OH is 1. The highest BCUT2D eigenvalue weighted by molar-refractivity contribution is 6.46. The topological polar surface area (TPSA) is 70.1 Å². The largest absolute Gasteiger partial charge is 0.507 e. The Balaban J connectivity index is 2.08. The normalized spacial score (nSPS) is 17.9. The summed E-state index contributed by atoms with van der Waals surface area (Å²) in [5.74, 6) is -0.956. The van der Waals surface area contributed by atoms with Gasteiger partial charge in [0.15, 0.2) is 0 Å². The molecule has 0 aromatic heterocycles. The van der Waals surface area contributed by atoms with Gasteiger partial charge in [-0.25, -0.2) is 0 Å². The lowest BCUT2D eigenvalue weighted by atomic mass is 9.95. The number of ketones is 1. The molecule has 8 heteroatoms. The Bertz CT molecular complexity index is 1030. The molecule has 1 heterocycles. The molecule has 2 aromatic carbocycles. The number of Topliss-reactive ketones (excluding diaryl/α,β-unsaturated/α-hetero) is 1. The van der Waals surface area contributed by atoms with Crippen molar-refractivity contribution in [1.29, 1.82) is 0 Å². The Hall–Kier alpha value is -2.54. The Morgan fingerprint density at radius 1 is 1.09 bits per heavy atom. The number of amides is 1. The van der Waals surface area contributed by atoms with Crippen LogP contribution in [0.3, 0.4) is 0 Å². The minimum absolute atomic E-state index is 0.0300. The number of nitrogens with zero attached hydrogens (tertiary/aromatic N) is 2. The third kappa shape index (κ3) is 5.09. The van der Waals surface area contributed by atoms with E-state index >= 15 is 0 Å². The molecule has 2 aromatic rings. The zero-order valence-corrected chi connectivity index (χ0v) is 19.8. The van der Waals surface area contributed by atoms with Crippen LogP contribution in [0.15, 0.2) is 48.0 Å². The van der Waals surface area contributed by atoms with E-state index in [9.17, 15) is 14.7 Å². The number of rotatable bonds is 8. The molecule has 1 aliphatic rings. The van der Waals surface area contributed by atoms with Crippen molar-refractivity contribution in [1.82, 2.24) is 9.80 Å². The second kappa shape index (κ2) is 10.4. The standard InChI is InChI=1S/C24H26Cl2N2O4/c1-4-32-17-9-6-15(7-10-17)21-20(22(29)16-8-11-18(25)19(26)14-16)23(30)24(31)28(21)13-5-12-27(2)3/h6-11,14,21,29H,4-5,12-13H2,1-3H3/b22-20-. The van der Waals surface area contributed by atoms with Gasteiger partial charge in [0.05, 0.1) is 28.3 Å². The van der Waals surface area contributed by atoms with Gasteiger partial charge in [-0.05, 0) is 69.9 Å². The number of hydrogen-bond donors (Lipinski definition) is 1. The first-order valence-electron chi connectivity index (χ1n) is 10.4. The maximum absolute atomic E-state index is 13.0. The van der Waals surface area contributed by atoms with E-state index in [4.69, 9.17) is 27.9 Å². The number of aliphatic hydroxyl groups is 1. The predicted molar refractivity (Wildman–Crippen MR) is 126 cm³/mol. The van der Waals surface area contributed by atoms with Crippen LogP contribution in [0.1, 0.15) is 30.5 Å². The monoisotopic (exact) mass is 476 g/mol. The smallest absolute Gasteiger partial charge is 0.295 e. The van der Waals surface area contributed by atoms with E-state index in [1.807, 2.05) is 38.1 Å². The highest BCUT2D eigenvalue weighted by Crippen LogP contribution is 2.40. The lowest BCUT2D eigenvalue weighted by molar-refractivity contribution is -0.139. The van der Waals surface area contributed by atoms with Gasteiger partial charge in [0.2, 0.25) is 0 Å². The second-order valence-electron chi connectivity index (χ2n) is 7.78. The van der Waals surface area contributed by atoms with Crippen molar-refractivity contribution in [3.05, 3.63) is 69.2 Å². The van der Waals surface area contributed by atoms with Crippen LogP contribution in [-0.2, 0) is 9.59 Å². The number of ether oxygens (including phenoxy) is 1. The third-order valence-electron chi connectivity index (χ3n) is 5.24. The van der Waals surface area contributed by atoms with E-state index < -0.39 is 17.7 Å². The molecule has 1 unspecified atom stereocenters. The molecule has 1 saturated heterocycles. The van der Waals surface area contributed by atoms with E-state index in [1.54, 1.807) is 18.2 Å². The van der Waals surface area contributed by atoms with Crippen molar-refractivity contribution in [2.45, 2.75) is 19.4 Å². The van der Waals surface area contributed by atoms with E-state index in [-0.39, 0.29) is 16.4 Å². The highest BCUT2D eigenvalue weighted by atomic mass is 35.5. The summed E-state index contributed by atoms with van der Waals surface area (Å²) in [6.45, 7) is 3.55. The van der Waals surface area contributed by atoms with Crippen molar-refractivity contribution in [3.8, 4) is 5.75 Å². The number of carbonyl (C=O) groups is 2. The molecule has 0 spiro atoms. The molecule has 0 saturated carbocycles. The first-order valence-corrected chi connectivity index (χ1v) is 11.1. The number of likely N-dealkylation sites (tertiary alicyclic amines) is 1. The van der Waals surface area contributed by atoms with Gasteiger partial charge in [-0.2, -0.15) is 0 Å². The first kappa shape index (κ1) is 24.1. The van der Waals surface area contributed by atoms with Crippen molar-refractivity contribution in [2.75, 3.05) is 33.8 Å². The fraction of sp³-hybridized carbons (Fsp3) is 0.333. The average Bonchev–Trinajstić information content (AvgIpc) is 3.01. The van der Waals surface area contributed by atoms with Gasteiger partial charge in [-0.3, -0.25) is 9.59 Å². The molecule has 1 atom stereocenters. The van der Waals surface area contributed by atoms with Gasteiger partial charge in [-0.1, -0.05) is 35.3 Å². The van der Waals surface area contributed by atoms with Crippen molar-refractivity contribution < 1.29 is 19.4 Å². The van der Waals surface area contributed by atoms with Crippen molar-refractivity contribution in [3.63, 3.8) is 0 Å². The van der Waals surface area contributed by atoms with E-state index in [1.165, 1.54) is 17.0 Å². The lowest BCUT2D eigenvalue weighted by Crippen LogP contribution is -2.32. The molecule has 1 N–H and O–H groups in total. The van der Waals surface area contributed by atoms with Crippen LogP contribution in [0.25, 0.3) is 5.76 Å². The summed E-state index contributed by atoms with van der Waals surface area (Å²) < 4.78 is 5.51. The number of hydrogen-bond acceptors (Lipinski definition) is 5. The van der Waals surface area contributed by atoms with Crippen LogP contribution >= 0.6 is 23.2 Å². The van der Waals surface area contributed by atoms with Crippen LogP contribution in [0.5, 0.6) is 5.75 Å². The van der Waals surface area contributed by atoms with Crippen LogP contribution in [-0.4, -0.2) is 60.4 Å². The minimum atomic E-state index is -0.725. The fourth-order valence-electron chi connectivity index (χ4n) is 3.73. The zero-order chi connectivity index (χ0) is 23.4. The quantitative estimate of drug-likeness (QED) is 0.337. The molecule has 0 radical (unpaired) electrons. The van der Waals surface area contributed by atoms with Crippen LogP contribution in [0.2, 0.25) is 10.0 Å². The van der Waals surface area contributed by atoms with Gasteiger partial charge in [0.25, 0.3) is 11.7 Å². The summed E-state index contributed by atoms with van der Waals surface area (Å²) >= 11 is 12.1. The zero-order valence-electron chi connectivity index (χ0n) is 18.3. The van der Waals surface area contributed by atoms with E-state index in [0.29, 0.717) is 41.5 Å². The second-order valence-corrected chi connectivity index (χ2v) is 8.59. The molecular formula is C24H26Cl2N2O4. The van der Waals surface area contributed by atoms with Crippen molar-refractivity contribution >= 4 is 40.7 Å². The summed E-state index contributed by atoms with van der Waals surface area (Å²) in [4.78, 5) is 29.5. The maximum atomic E-state index is 13.0.